The molecule has 1 N–H and O–H groups in total. The first-order chi connectivity index (χ1) is 13.5. The molecule has 3 aliphatic rings. The largest absolute Gasteiger partial charge is 0.508 e. The molecule has 154 valence electrons. The fraction of sp³-hybridized carbons (Fsp3) is 0.696. The maximum absolute atomic E-state index is 13.7. The van der Waals surface area contributed by atoms with Gasteiger partial charge in [0, 0.05) is 19.1 Å². The normalized spacial score (nSPS) is 25.3. The predicted molar refractivity (Wildman–Crippen MR) is 111 cm³/mol. The van der Waals surface area contributed by atoms with Gasteiger partial charge in [0.1, 0.15) is 5.75 Å². The fourth-order valence-corrected chi connectivity index (χ4v) is 5.13. The standard InChI is InChI=1S/C23H35N3O2/c1-3-12-25-17-23(10-13-24(2)14-11-23)15-21(25)22(28)26(19-6-7-19)16-18-4-8-20(27)9-5-18/h4-5,8-9,19,21,27H,3,6-7,10-17H2,1-2H3/t21-/m0/s1. The second-order valence-corrected chi connectivity index (χ2v) is 9.36. The number of nitrogens with zero attached hydrogens (tertiary/aromatic N) is 3. The number of phenols is 1. The lowest BCUT2D eigenvalue weighted by Gasteiger charge is -2.37. The van der Waals surface area contributed by atoms with Gasteiger partial charge in [0.05, 0.1) is 6.04 Å². The molecule has 0 aromatic heterocycles. The summed E-state index contributed by atoms with van der Waals surface area (Å²) in [7, 11) is 2.21. The molecule has 1 aromatic carbocycles. The smallest absolute Gasteiger partial charge is 0.240 e. The summed E-state index contributed by atoms with van der Waals surface area (Å²) in [6.07, 6.45) is 6.81. The molecule has 1 spiro atoms. The van der Waals surface area contributed by atoms with Crippen molar-refractivity contribution in [2.75, 3.05) is 33.2 Å². The molecule has 2 heterocycles. The third-order valence-corrected chi connectivity index (χ3v) is 7.01. The van der Waals surface area contributed by atoms with Crippen molar-refractivity contribution in [3.8, 4) is 5.75 Å². The van der Waals surface area contributed by atoms with Crippen LogP contribution < -0.4 is 0 Å². The van der Waals surface area contributed by atoms with E-state index in [1.165, 1.54) is 12.8 Å². The number of hydrogen-bond acceptors (Lipinski definition) is 4. The number of carbonyl (C=O) groups excluding carboxylic acids is 1. The van der Waals surface area contributed by atoms with Crippen molar-refractivity contribution in [2.45, 2.75) is 64.1 Å². The van der Waals surface area contributed by atoms with E-state index in [1.54, 1.807) is 12.1 Å². The van der Waals surface area contributed by atoms with Crippen LogP contribution in [0, 0.1) is 5.41 Å². The van der Waals surface area contributed by atoms with Crippen molar-refractivity contribution >= 4 is 5.91 Å². The van der Waals surface area contributed by atoms with Gasteiger partial charge in [-0.05, 0) is 88.3 Å². The molecule has 0 bridgehead atoms. The van der Waals surface area contributed by atoms with Gasteiger partial charge in [-0.3, -0.25) is 9.69 Å². The van der Waals surface area contributed by atoms with Crippen molar-refractivity contribution in [3.63, 3.8) is 0 Å². The van der Waals surface area contributed by atoms with Gasteiger partial charge in [-0.25, -0.2) is 0 Å². The molecule has 1 aliphatic carbocycles. The van der Waals surface area contributed by atoms with E-state index in [0.29, 0.717) is 23.9 Å². The molecule has 2 aliphatic heterocycles. The van der Waals surface area contributed by atoms with E-state index in [0.717, 1.165) is 57.4 Å². The van der Waals surface area contributed by atoms with E-state index in [2.05, 4.69) is 28.7 Å². The minimum Gasteiger partial charge on any atom is -0.508 e. The zero-order valence-corrected chi connectivity index (χ0v) is 17.4. The molecule has 0 unspecified atom stereocenters. The number of likely N-dealkylation sites (tertiary alicyclic amines) is 2. The van der Waals surface area contributed by atoms with Crippen LogP contribution in [0.2, 0.25) is 0 Å². The van der Waals surface area contributed by atoms with Crippen molar-refractivity contribution in [1.82, 2.24) is 14.7 Å². The van der Waals surface area contributed by atoms with Crippen LogP contribution in [0.4, 0.5) is 0 Å². The van der Waals surface area contributed by atoms with Gasteiger partial charge >= 0.3 is 0 Å². The molecule has 3 fully saturated rings. The molecule has 1 aromatic rings. The third kappa shape index (κ3) is 4.20. The van der Waals surface area contributed by atoms with Gasteiger partial charge in [-0.2, -0.15) is 0 Å². The Morgan fingerprint density at radius 1 is 1.21 bits per heavy atom. The van der Waals surface area contributed by atoms with Gasteiger partial charge in [-0.15, -0.1) is 0 Å². The minimum atomic E-state index is 0.0427. The Morgan fingerprint density at radius 2 is 1.89 bits per heavy atom. The van der Waals surface area contributed by atoms with Crippen molar-refractivity contribution in [3.05, 3.63) is 29.8 Å². The van der Waals surface area contributed by atoms with Crippen LogP contribution in [0.1, 0.15) is 51.0 Å². The Balaban J connectivity index is 1.50. The number of carbonyl (C=O) groups is 1. The molecule has 5 nitrogen and oxygen atoms in total. The molecule has 4 rings (SSSR count). The first kappa shape index (κ1) is 19.7. The average Bonchev–Trinajstić information content (AvgIpc) is 3.47. The molecule has 5 heteroatoms. The highest BCUT2D eigenvalue weighted by Gasteiger charge is 2.49. The van der Waals surface area contributed by atoms with Crippen LogP contribution >= 0.6 is 0 Å². The topological polar surface area (TPSA) is 47.0 Å². The second kappa shape index (κ2) is 8.03. The zero-order valence-electron chi connectivity index (χ0n) is 17.4. The van der Waals surface area contributed by atoms with Crippen LogP contribution in [-0.2, 0) is 11.3 Å². The Bertz CT molecular complexity index is 678. The number of hydrogen-bond donors (Lipinski definition) is 1. The van der Waals surface area contributed by atoms with Crippen LogP contribution in [0.25, 0.3) is 0 Å². The van der Waals surface area contributed by atoms with Crippen LogP contribution in [0.15, 0.2) is 24.3 Å². The fourth-order valence-electron chi connectivity index (χ4n) is 5.13. The van der Waals surface area contributed by atoms with Gasteiger partial charge < -0.3 is 14.9 Å². The molecule has 1 saturated carbocycles. The second-order valence-electron chi connectivity index (χ2n) is 9.36. The number of piperidine rings is 1. The molecule has 1 amide bonds. The van der Waals surface area contributed by atoms with E-state index in [4.69, 9.17) is 0 Å². The Kier molecular flexibility index (Phi) is 5.66. The Labute approximate surface area is 169 Å². The van der Waals surface area contributed by atoms with Gasteiger partial charge in [0.25, 0.3) is 0 Å². The maximum atomic E-state index is 13.7. The quantitative estimate of drug-likeness (QED) is 0.818. The van der Waals surface area contributed by atoms with E-state index < -0.39 is 0 Å². The molecule has 2 saturated heterocycles. The van der Waals surface area contributed by atoms with Gasteiger partial charge in [-0.1, -0.05) is 19.1 Å². The van der Waals surface area contributed by atoms with Gasteiger partial charge in [0.15, 0.2) is 0 Å². The summed E-state index contributed by atoms with van der Waals surface area (Å²) in [5.41, 5.74) is 1.43. The molecular weight excluding hydrogens is 350 g/mol. The summed E-state index contributed by atoms with van der Waals surface area (Å²) >= 11 is 0. The summed E-state index contributed by atoms with van der Waals surface area (Å²) < 4.78 is 0. The summed E-state index contributed by atoms with van der Waals surface area (Å²) in [6.45, 7) is 7.29. The molecule has 0 radical (unpaired) electrons. The van der Waals surface area contributed by atoms with Crippen molar-refractivity contribution in [1.29, 1.82) is 0 Å². The Hall–Kier alpha value is -1.59. The average molecular weight is 386 g/mol. The summed E-state index contributed by atoms with van der Waals surface area (Å²) in [5.74, 6) is 0.613. The SMILES string of the molecule is CCCN1CC2(CCN(C)CC2)C[C@H]1C(=O)N(Cc1ccc(O)cc1)C1CC1. The lowest BCUT2D eigenvalue weighted by Crippen LogP contribution is -2.46. The van der Waals surface area contributed by atoms with Crippen LogP contribution in [-0.4, -0.2) is 71.0 Å². The van der Waals surface area contributed by atoms with E-state index in [9.17, 15) is 9.90 Å². The highest BCUT2D eigenvalue weighted by Crippen LogP contribution is 2.44. The third-order valence-electron chi connectivity index (χ3n) is 7.01. The number of benzene rings is 1. The molecule has 28 heavy (non-hydrogen) atoms. The number of phenolic OH excluding ortho intramolecular Hbond substituents is 1. The summed E-state index contributed by atoms with van der Waals surface area (Å²) in [5, 5.41) is 9.56. The monoisotopic (exact) mass is 385 g/mol. The summed E-state index contributed by atoms with van der Waals surface area (Å²) in [4.78, 5) is 20.7. The van der Waals surface area contributed by atoms with Crippen molar-refractivity contribution < 1.29 is 9.90 Å². The highest BCUT2D eigenvalue weighted by atomic mass is 16.3. The molecule has 1 atom stereocenters. The van der Waals surface area contributed by atoms with Gasteiger partial charge in [0.2, 0.25) is 5.91 Å². The number of aromatic hydroxyl groups is 1. The maximum Gasteiger partial charge on any atom is 0.240 e. The molecular formula is C23H35N3O2. The minimum absolute atomic E-state index is 0.0427. The number of rotatable bonds is 6. The van der Waals surface area contributed by atoms with E-state index in [1.807, 2.05) is 12.1 Å². The van der Waals surface area contributed by atoms with Crippen molar-refractivity contribution in [2.24, 2.45) is 5.41 Å². The number of amides is 1. The Morgan fingerprint density at radius 3 is 2.50 bits per heavy atom. The first-order valence-electron chi connectivity index (χ1n) is 11.0. The lowest BCUT2D eigenvalue weighted by molar-refractivity contribution is -0.137. The lowest BCUT2D eigenvalue weighted by atomic mass is 9.76. The zero-order chi connectivity index (χ0) is 19.7. The van der Waals surface area contributed by atoms with Crippen LogP contribution in [0.5, 0.6) is 5.75 Å². The van der Waals surface area contributed by atoms with E-state index >= 15 is 0 Å². The van der Waals surface area contributed by atoms with E-state index in [-0.39, 0.29) is 11.8 Å². The predicted octanol–water partition coefficient (Wildman–Crippen LogP) is 3.08. The first-order valence-corrected chi connectivity index (χ1v) is 11.0. The summed E-state index contributed by atoms with van der Waals surface area (Å²) in [6, 6.07) is 7.76. The highest BCUT2D eigenvalue weighted by molar-refractivity contribution is 5.83. The van der Waals surface area contributed by atoms with Crippen LogP contribution in [0.3, 0.4) is 0 Å².